The summed E-state index contributed by atoms with van der Waals surface area (Å²) >= 11 is 0. The summed E-state index contributed by atoms with van der Waals surface area (Å²) in [5, 5.41) is 0.226. The molecule has 116 valence electrons. The SMILES string of the molecule is C#CC(CCO[Si](C)(C)C(C)(C)C)OCc1ccccc1. The molecule has 1 unspecified atom stereocenters. The number of rotatable bonds is 7. The first-order valence-electron chi connectivity index (χ1n) is 7.52. The first-order chi connectivity index (χ1) is 9.76. The molecular formula is C18H28O2Si. The van der Waals surface area contributed by atoms with E-state index < -0.39 is 8.32 Å². The van der Waals surface area contributed by atoms with Crippen molar-refractivity contribution in [3.05, 3.63) is 35.9 Å². The monoisotopic (exact) mass is 304 g/mol. The zero-order valence-electron chi connectivity index (χ0n) is 14.0. The highest BCUT2D eigenvalue weighted by molar-refractivity contribution is 6.74. The lowest BCUT2D eigenvalue weighted by Crippen LogP contribution is -2.41. The van der Waals surface area contributed by atoms with E-state index in [0.29, 0.717) is 13.2 Å². The first kappa shape index (κ1) is 18.0. The van der Waals surface area contributed by atoms with Crippen molar-refractivity contribution in [2.75, 3.05) is 6.61 Å². The minimum absolute atomic E-state index is 0.185. The molecule has 1 aromatic rings. The molecule has 2 nitrogen and oxygen atoms in total. The lowest BCUT2D eigenvalue weighted by Gasteiger charge is -2.36. The number of benzene rings is 1. The number of terminal acetylenes is 1. The van der Waals surface area contributed by atoms with Gasteiger partial charge in [-0.3, -0.25) is 0 Å². The predicted molar refractivity (Wildman–Crippen MR) is 91.6 cm³/mol. The molecule has 3 heteroatoms. The second-order valence-corrected chi connectivity index (χ2v) is 11.7. The Labute approximate surface area is 131 Å². The Kier molecular flexibility index (Phi) is 6.67. The molecule has 0 heterocycles. The minimum Gasteiger partial charge on any atom is -0.417 e. The van der Waals surface area contributed by atoms with Crippen LogP contribution in [0.15, 0.2) is 30.3 Å². The molecule has 1 atom stereocenters. The van der Waals surface area contributed by atoms with Crippen molar-refractivity contribution in [2.24, 2.45) is 0 Å². The number of hydrogen-bond acceptors (Lipinski definition) is 2. The molecule has 0 amide bonds. The largest absolute Gasteiger partial charge is 0.417 e. The molecular weight excluding hydrogens is 276 g/mol. The standard InChI is InChI=1S/C18H28O2Si/c1-7-17(19-15-16-11-9-8-10-12-16)13-14-20-21(5,6)18(2,3)4/h1,8-12,17H,13-15H2,2-6H3. The van der Waals surface area contributed by atoms with Gasteiger partial charge in [-0.2, -0.15) is 0 Å². The Hall–Kier alpha value is -1.08. The van der Waals surface area contributed by atoms with Gasteiger partial charge >= 0.3 is 0 Å². The van der Waals surface area contributed by atoms with Gasteiger partial charge in [0.05, 0.1) is 6.61 Å². The van der Waals surface area contributed by atoms with Crippen molar-refractivity contribution in [3.63, 3.8) is 0 Å². The smallest absolute Gasteiger partial charge is 0.191 e. The molecule has 0 N–H and O–H groups in total. The van der Waals surface area contributed by atoms with Crippen LogP contribution >= 0.6 is 0 Å². The molecule has 1 rings (SSSR count). The summed E-state index contributed by atoms with van der Waals surface area (Å²) < 4.78 is 11.9. The molecule has 0 aromatic heterocycles. The molecule has 0 saturated heterocycles. The quantitative estimate of drug-likeness (QED) is 0.540. The van der Waals surface area contributed by atoms with Gasteiger partial charge < -0.3 is 9.16 Å². The maximum Gasteiger partial charge on any atom is 0.191 e. The van der Waals surface area contributed by atoms with Crippen molar-refractivity contribution in [2.45, 2.75) is 58.0 Å². The van der Waals surface area contributed by atoms with E-state index in [1.54, 1.807) is 0 Å². The van der Waals surface area contributed by atoms with Crippen molar-refractivity contribution in [1.82, 2.24) is 0 Å². The van der Waals surface area contributed by atoms with Gasteiger partial charge in [0.1, 0.15) is 6.10 Å². The Bertz CT molecular complexity index is 454. The predicted octanol–water partition coefficient (Wildman–Crippen LogP) is 4.62. The van der Waals surface area contributed by atoms with E-state index in [4.69, 9.17) is 15.6 Å². The third kappa shape index (κ3) is 6.05. The Morgan fingerprint density at radius 1 is 1.19 bits per heavy atom. The van der Waals surface area contributed by atoms with Crippen LogP contribution in [0.4, 0.5) is 0 Å². The molecule has 0 fully saturated rings. The summed E-state index contributed by atoms with van der Waals surface area (Å²) in [5.74, 6) is 2.71. The van der Waals surface area contributed by atoms with E-state index in [9.17, 15) is 0 Å². The van der Waals surface area contributed by atoms with Crippen LogP contribution in [-0.2, 0) is 15.8 Å². The van der Waals surface area contributed by atoms with Crippen molar-refractivity contribution < 1.29 is 9.16 Å². The van der Waals surface area contributed by atoms with Gasteiger partial charge in [0.25, 0.3) is 0 Å². The summed E-state index contributed by atoms with van der Waals surface area (Å²) in [4.78, 5) is 0. The lowest BCUT2D eigenvalue weighted by atomic mass is 10.2. The number of ether oxygens (including phenoxy) is 1. The zero-order chi connectivity index (χ0) is 15.9. The van der Waals surface area contributed by atoms with Gasteiger partial charge in [-0.1, -0.05) is 57.0 Å². The van der Waals surface area contributed by atoms with Gasteiger partial charge in [0, 0.05) is 13.0 Å². The van der Waals surface area contributed by atoms with E-state index in [1.807, 2.05) is 30.3 Å². The lowest BCUT2D eigenvalue weighted by molar-refractivity contribution is 0.0615. The maximum atomic E-state index is 6.14. The average Bonchev–Trinajstić information content (AvgIpc) is 2.42. The minimum atomic E-state index is -1.70. The molecule has 0 aliphatic heterocycles. The maximum absolute atomic E-state index is 6.14. The van der Waals surface area contributed by atoms with Gasteiger partial charge in [-0.25, -0.2) is 0 Å². The van der Waals surface area contributed by atoms with Crippen LogP contribution in [0.2, 0.25) is 18.1 Å². The molecule has 0 radical (unpaired) electrons. The molecule has 0 aliphatic rings. The highest BCUT2D eigenvalue weighted by Gasteiger charge is 2.36. The fourth-order valence-corrected chi connectivity index (χ4v) is 2.68. The second kappa shape index (κ2) is 7.79. The first-order valence-corrected chi connectivity index (χ1v) is 10.4. The van der Waals surface area contributed by atoms with Gasteiger partial charge in [-0.05, 0) is 23.7 Å². The van der Waals surface area contributed by atoms with Crippen LogP contribution in [0.5, 0.6) is 0 Å². The molecule has 0 aliphatic carbocycles. The molecule has 0 saturated carbocycles. The van der Waals surface area contributed by atoms with E-state index in [2.05, 4.69) is 39.8 Å². The van der Waals surface area contributed by atoms with Crippen LogP contribution in [0.25, 0.3) is 0 Å². The zero-order valence-corrected chi connectivity index (χ0v) is 15.0. The van der Waals surface area contributed by atoms with Crippen molar-refractivity contribution >= 4 is 8.32 Å². The Balaban J connectivity index is 2.37. The fourth-order valence-electron chi connectivity index (χ4n) is 1.62. The normalized spacial score (nSPS) is 13.7. The highest BCUT2D eigenvalue weighted by Crippen LogP contribution is 2.36. The van der Waals surface area contributed by atoms with Crippen molar-refractivity contribution in [3.8, 4) is 12.3 Å². The fraction of sp³-hybridized carbons (Fsp3) is 0.556. The van der Waals surface area contributed by atoms with E-state index in [1.165, 1.54) is 0 Å². The van der Waals surface area contributed by atoms with E-state index in [0.717, 1.165) is 12.0 Å². The van der Waals surface area contributed by atoms with E-state index in [-0.39, 0.29) is 11.1 Å². The molecule has 0 spiro atoms. The van der Waals surface area contributed by atoms with Gasteiger partial charge in [-0.15, -0.1) is 6.42 Å². The third-order valence-corrected chi connectivity index (χ3v) is 8.67. The second-order valence-electron chi connectivity index (χ2n) is 6.85. The number of hydrogen-bond donors (Lipinski definition) is 0. The van der Waals surface area contributed by atoms with Crippen LogP contribution in [0, 0.1) is 12.3 Å². The van der Waals surface area contributed by atoms with E-state index >= 15 is 0 Å². The Morgan fingerprint density at radius 2 is 1.81 bits per heavy atom. The summed E-state index contributed by atoms with van der Waals surface area (Å²) in [5.41, 5.74) is 1.14. The summed E-state index contributed by atoms with van der Waals surface area (Å²) in [6.45, 7) is 12.4. The van der Waals surface area contributed by atoms with Crippen LogP contribution in [0.3, 0.4) is 0 Å². The summed E-state index contributed by atoms with van der Waals surface area (Å²) in [6, 6.07) is 10.1. The molecule has 0 bridgehead atoms. The summed E-state index contributed by atoms with van der Waals surface area (Å²) in [6.07, 6.45) is 6.11. The average molecular weight is 305 g/mol. The summed E-state index contributed by atoms with van der Waals surface area (Å²) in [7, 11) is -1.70. The van der Waals surface area contributed by atoms with Crippen LogP contribution in [-0.4, -0.2) is 21.0 Å². The third-order valence-electron chi connectivity index (χ3n) is 4.13. The van der Waals surface area contributed by atoms with Crippen molar-refractivity contribution in [1.29, 1.82) is 0 Å². The topological polar surface area (TPSA) is 18.5 Å². The van der Waals surface area contributed by atoms with Crippen LogP contribution in [0.1, 0.15) is 32.8 Å². The Morgan fingerprint density at radius 3 is 2.33 bits per heavy atom. The van der Waals surface area contributed by atoms with Gasteiger partial charge in [0.15, 0.2) is 8.32 Å². The molecule has 21 heavy (non-hydrogen) atoms. The molecule has 1 aromatic carbocycles. The van der Waals surface area contributed by atoms with Crippen LogP contribution < -0.4 is 0 Å². The van der Waals surface area contributed by atoms with Gasteiger partial charge in [0.2, 0.25) is 0 Å². The highest BCUT2D eigenvalue weighted by atomic mass is 28.4.